The number of hydrogen-bond acceptors (Lipinski definition) is 7. The second-order valence-corrected chi connectivity index (χ2v) is 7.91. The summed E-state index contributed by atoms with van der Waals surface area (Å²) in [6.45, 7) is 1.60. The highest BCUT2D eigenvalue weighted by Gasteiger charge is 2.27. The van der Waals surface area contributed by atoms with Crippen molar-refractivity contribution >= 4 is 28.9 Å². The number of rotatable bonds is 6. The summed E-state index contributed by atoms with van der Waals surface area (Å²) >= 11 is 6.09. The summed E-state index contributed by atoms with van der Waals surface area (Å²) in [6, 6.07) is 9.71. The third-order valence-electron chi connectivity index (χ3n) is 5.22. The zero-order valence-electron chi connectivity index (χ0n) is 16.8. The van der Waals surface area contributed by atoms with Crippen LogP contribution in [0.2, 0.25) is 5.02 Å². The molecule has 11 heteroatoms. The van der Waals surface area contributed by atoms with Crippen LogP contribution in [0.4, 0.5) is 15.8 Å². The highest BCUT2D eigenvalue weighted by atomic mass is 35.5. The van der Waals surface area contributed by atoms with E-state index in [-0.39, 0.29) is 34.0 Å². The molecule has 1 atom stereocenters. The molecule has 0 aliphatic carbocycles. The van der Waals surface area contributed by atoms with Gasteiger partial charge in [-0.3, -0.25) is 19.8 Å². The van der Waals surface area contributed by atoms with E-state index in [9.17, 15) is 19.3 Å². The molecule has 1 N–H and O–H groups in total. The molecule has 9 nitrogen and oxygen atoms in total. The molecule has 4 rings (SSSR count). The molecule has 1 aliphatic rings. The van der Waals surface area contributed by atoms with Gasteiger partial charge in [0.05, 0.1) is 28.1 Å². The molecule has 1 unspecified atom stereocenters. The zero-order chi connectivity index (χ0) is 22.7. The molecule has 1 fully saturated rings. The summed E-state index contributed by atoms with van der Waals surface area (Å²) in [4.78, 5) is 29.6. The number of likely N-dealkylation sites (tertiary alicyclic amines) is 1. The average Bonchev–Trinajstić information content (AvgIpc) is 3.24. The minimum Gasteiger partial charge on any atom is -0.338 e. The van der Waals surface area contributed by atoms with Crippen molar-refractivity contribution in [2.24, 2.45) is 5.92 Å². The van der Waals surface area contributed by atoms with E-state index in [2.05, 4.69) is 15.5 Å². The van der Waals surface area contributed by atoms with Crippen LogP contribution in [0.1, 0.15) is 18.7 Å². The lowest BCUT2D eigenvalue weighted by molar-refractivity contribution is -0.384. The van der Waals surface area contributed by atoms with Crippen molar-refractivity contribution in [2.45, 2.75) is 19.4 Å². The molecule has 2 aromatic carbocycles. The van der Waals surface area contributed by atoms with Gasteiger partial charge in [0, 0.05) is 24.2 Å². The Hall–Kier alpha value is -3.37. The lowest BCUT2D eigenvalue weighted by Gasteiger charge is -2.30. The molecule has 0 saturated carbocycles. The number of nitro benzene ring substituents is 1. The molecule has 0 bridgehead atoms. The van der Waals surface area contributed by atoms with Crippen LogP contribution in [0.5, 0.6) is 0 Å². The van der Waals surface area contributed by atoms with Crippen LogP contribution in [0.25, 0.3) is 11.4 Å². The smallest absolute Gasteiger partial charge is 0.271 e. The molecule has 166 valence electrons. The summed E-state index contributed by atoms with van der Waals surface area (Å²) < 4.78 is 18.4. The molecule has 32 heavy (non-hydrogen) atoms. The quantitative estimate of drug-likeness (QED) is 0.432. The number of nitrogens with one attached hydrogen (secondary N) is 1. The number of anilines is 1. The van der Waals surface area contributed by atoms with Crippen LogP contribution >= 0.6 is 11.6 Å². The highest BCUT2D eigenvalue weighted by Crippen LogP contribution is 2.28. The lowest BCUT2D eigenvalue weighted by atomic mass is 9.97. The Labute approximate surface area is 187 Å². The summed E-state index contributed by atoms with van der Waals surface area (Å²) in [7, 11) is 0. The van der Waals surface area contributed by atoms with Crippen LogP contribution < -0.4 is 5.32 Å². The van der Waals surface area contributed by atoms with Crippen molar-refractivity contribution < 1.29 is 18.6 Å². The van der Waals surface area contributed by atoms with Gasteiger partial charge >= 0.3 is 0 Å². The number of amides is 1. The van der Waals surface area contributed by atoms with Crippen LogP contribution in [0.3, 0.4) is 0 Å². The second-order valence-electron chi connectivity index (χ2n) is 7.50. The van der Waals surface area contributed by atoms with Crippen LogP contribution in [-0.4, -0.2) is 39.0 Å². The molecule has 1 aromatic heterocycles. The Morgan fingerprint density at radius 2 is 2.09 bits per heavy atom. The maximum absolute atomic E-state index is 13.1. The molecular formula is C21H19ClFN5O4. The number of nitrogens with zero attached hydrogens (tertiary/aromatic N) is 4. The van der Waals surface area contributed by atoms with Crippen molar-refractivity contribution in [1.82, 2.24) is 15.0 Å². The number of nitro groups is 1. The predicted molar refractivity (Wildman–Crippen MR) is 114 cm³/mol. The topological polar surface area (TPSA) is 114 Å². The van der Waals surface area contributed by atoms with Gasteiger partial charge in [-0.25, -0.2) is 4.39 Å². The third-order valence-corrected chi connectivity index (χ3v) is 5.55. The Kier molecular flexibility index (Phi) is 6.42. The fraction of sp³-hybridized carbons (Fsp3) is 0.286. The van der Waals surface area contributed by atoms with Crippen LogP contribution in [0, 0.1) is 21.8 Å². The summed E-state index contributed by atoms with van der Waals surface area (Å²) in [6.07, 6.45) is 1.47. The van der Waals surface area contributed by atoms with Crippen LogP contribution in [0.15, 0.2) is 47.0 Å². The van der Waals surface area contributed by atoms with Crippen molar-refractivity contribution in [3.05, 3.63) is 69.3 Å². The van der Waals surface area contributed by atoms with Crippen molar-refractivity contribution in [2.75, 3.05) is 18.4 Å². The minimum atomic E-state index is -0.543. The molecule has 1 aliphatic heterocycles. The highest BCUT2D eigenvalue weighted by molar-refractivity contribution is 6.33. The van der Waals surface area contributed by atoms with Gasteiger partial charge in [-0.2, -0.15) is 4.98 Å². The van der Waals surface area contributed by atoms with Gasteiger partial charge in [0.2, 0.25) is 17.6 Å². The average molecular weight is 460 g/mol. The van der Waals surface area contributed by atoms with E-state index < -0.39 is 4.92 Å². The molecule has 1 saturated heterocycles. The number of carbonyl (C=O) groups excluding carboxylic acids is 1. The molecule has 1 amide bonds. The Balaban J connectivity index is 1.38. The Morgan fingerprint density at radius 1 is 1.31 bits per heavy atom. The number of piperidine rings is 1. The number of aromatic nitrogens is 2. The third kappa shape index (κ3) is 5.09. The van der Waals surface area contributed by atoms with Gasteiger partial charge in [0.1, 0.15) is 5.82 Å². The van der Waals surface area contributed by atoms with Gasteiger partial charge < -0.3 is 9.84 Å². The predicted octanol–water partition coefficient (Wildman–Crippen LogP) is 4.29. The maximum atomic E-state index is 13.1. The minimum absolute atomic E-state index is 0.150. The number of non-ortho nitro benzene ring substituents is 1. The van der Waals surface area contributed by atoms with E-state index in [0.29, 0.717) is 36.8 Å². The van der Waals surface area contributed by atoms with E-state index in [0.717, 1.165) is 13.0 Å². The van der Waals surface area contributed by atoms with Gasteiger partial charge in [-0.05, 0) is 49.7 Å². The van der Waals surface area contributed by atoms with E-state index in [4.69, 9.17) is 16.1 Å². The van der Waals surface area contributed by atoms with Gasteiger partial charge in [-0.1, -0.05) is 16.8 Å². The first-order valence-corrected chi connectivity index (χ1v) is 10.3. The molecule has 3 aromatic rings. The lowest BCUT2D eigenvalue weighted by Crippen LogP contribution is -2.40. The zero-order valence-corrected chi connectivity index (χ0v) is 17.6. The van der Waals surface area contributed by atoms with E-state index in [1.54, 1.807) is 12.1 Å². The van der Waals surface area contributed by atoms with E-state index in [1.807, 2.05) is 4.90 Å². The first-order valence-electron chi connectivity index (χ1n) is 9.95. The largest absolute Gasteiger partial charge is 0.338 e. The van der Waals surface area contributed by atoms with Crippen molar-refractivity contribution in [1.29, 1.82) is 0 Å². The Morgan fingerprint density at radius 3 is 2.84 bits per heavy atom. The van der Waals surface area contributed by atoms with E-state index in [1.165, 1.54) is 30.3 Å². The standard InChI is InChI=1S/C21H19ClFN5O4/c22-17-8-7-16(28(30)31)10-18(17)24-21(29)14-2-1-9-27(11-14)12-19-25-20(26-32-19)13-3-5-15(23)6-4-13/h3-8,10,14H,1-2,9,11-12H2,(H,24,29). The summed E-state index contributed by atoms with van der Waals surface area (Å²) in [5.74, 6) is -0.159. The van der Waals surface area contributed by atoms with Crippen LogP contribution in [-0.2, 0) is 11.3 Å². The number of hydrogen-bond donors (Lipinski definition) is 1. The van der Waals surface area contributed by atoms with Gasteiger partial charge in [0.25, 0.3) is 5.69 Å². The summed E-state index contributed by atoms with van der Waals surface area (Å²) in [5.41, 5.74) is 0.707. The maximum Gasteiger partial charge on any atom is 0.271 e. The van der Waals surface area contributed by atoms with Crippen molar-refractivity contribution in [3.63, 3.8) is 0 Å². The number of carbonyl (C=O) groups is 1. The van der Waals surface area contributed by atoms with Gasteiger partial charge in [-0.15, -0.1) is 0 Å². The first kappa shape index (κ1) is 21.8. The fourth-order valence-corrected chi connectivity index (χ4v) is 3.76. The fourth-order valence-electron chi connectivity index (χ4n) is 3.60. The second kappa shape index (κ2) is 9.41. The van der Waals surface area contributed by atoms with E-state index >= 15 is 0 Å². The summed E-state index contributed by atoms with van der Waals surface area (Å²) in [5, 5.41) is 17.9. The normalized spacial score (nSPS) is 16.6. The molecule has 2 heterocycles. The molecule has 0 spiro atoms. The molecule has 0 radical (unpaired) electrons. The van der Waals surface area contributed by atoms with Crippen molar-refractivity contribution in [3.8, 4) is 11.4 Å². The number of halogens is 2. The van der Waals surface area contributed by atoms with Gasteiger partial charge in [0.15, 0.2) is 0 Å². The SMILES string of the molecule is O=C(Nc1cc([N+](=O)[O-])ccc1Cl)C1CCCN(Cc2nc(-c3ccc(F)cc3)no2)C1. The molecular weight excluding hydrogens is 441 g/mol. The monoisotopic (exact) mass is 459 g/mol. The first-order chi connectivity index (χ1) is 15.4. The number of benzene rings is 2. The Bertz CT molecular complexity index is 1140.